The lowest BCUT2D eigenvalue weighted by molar-refractivity contribution is 0.100. The van der Waals surface area contributed by atoms with Crippen molar-refractivity contribution in [3.63, 3.8) is 0 Å². The van der Waals surface area contributed by atoms with E-state index < -0.39 is 0 Å². The molecule has 0 saturated carbocycles. The first kappa shape index (κ1) is 55.7. The molecule has 3 aliphatic rings. The molecule has 0 fully saturated rings. The highest BCUT2D eigenvalue weighted by molar-refractivity contribution is 6.07. The quantitative estimate of drug-likeness (QED) is 0.0352. The topological polar surface area (TPSA) is 34.1 Å². The van der Waals surface area contributed by atoms with E-state index in [9.17, 15) is 9.59 Å². The van der Waals surface area contributed by atoms with Crippen LogP contribution >= 0.6 is 0 Å². The summed E-state index contributed by atoms with van der Waals surface area (Å²) < 4.78 is 0. The van der Waals surface area contributed by atoms with Crippen LogP contribution in [0.4, 0.5) is 0 Å². The highest BCUT2D eigenvalue weighted by Crippen LogP contribution is 2.71. The maximum absolute atomic E-state index is 13.8. The van der Waals surface area contributed by atoms with Crippen LogP contribution in [0.3, 0.4) is 0 Å². The number of unbranched alkanes of at least 4 members (excludes halogenated alkanes) is 18. The van der Waals surface area contributed by atoms with Gasteiger partial charge in [0.1, 0.15) is 0 Å². The zero-order valence-corrected chi connectivity index (χ0v) is 47.4. The van der Waals surface area contributed by atoms with Gasteiger partial charge in [0.15, 0.2) is 11.6 Å². The van der Waals surface area contributed by atoms with Crippen LogP contribution < -0.4 is 0 Å². The van der Waals surface area contributed by atoms with Gasteiger partial charge < -0.3 is 0 Å². The molecule has 0 aliphatic heterocycles. The highest BCUT2D eigenvalue weighted by atomic mass is 16.1. The first-order chi connectivity index (χ1) is 35.0. The number of carbonyl (C=O) groups is 2. The van der Waals surface area contributed by atoms with E-state index in [2.05, 4.69) is 110 Å². The Morgan fingerprint density at radius 3 is 0.806 bits per heavy atom. The molecule has 4 aromatic carbocycles. The average molecular weight is 972 g/mol. The zero-order chi connectivity index (χ0) is 51.5. The molecule has 3 aliphatic carbocycles. The lowest BCUT2D eigenvalue weighted by Gasteiger charge is -2.40. The van der Waals surface area contributed by atoms with Gasteiger partial charge in [0.05, 0.1) is 0 Å². The molecule has 0 saturated heterocycles. The Kier molecular flexibility index (Phi) is 19.7. The second-order valence-corrected chi connectivity index (χ2v) is 23.5. The van der Waals surface area contributed by atoms with Crippen molar-refractivity contribution in [1.82, 2.24) is 0 Å². The molecular formula is C70H98O2. The van der Waals surface area contributed by atoms with Gasteiger partial charge in [-0.15, -0.1) is 0 Å². The summed E-state index contributed by atoms with van der Waals surface area (Å²) in [7, 11) is 0. The number of fused-ring (bicyclic) bond motifs is 12. The summed E-state index contributed by atoms with van der Waals surface area (Å²) in [5, 5.41) is 0. The number of hydrogen-bond acceptors (Lipinski definition) is 2. The van der Waals surface area contributed by atoms with Crippen LogP contribution in [-0.4, -0.2) is 11.6 Å². The number of carbonyl (C=O) groups excluding carboxylic acids is 2. The van der Waals surface area contributed by atoms with Crippen molar-refractivity contribution in [1.29, 1.82) is 0 Å². The molecule has 0 spiro atoms. The van der Waals surface area contributed by atoms with E-state index in [1.165, 1.54) is 199 Å². The first-order valence-corrected chi connectivity index (χ1v) is 30.3. The van der Waals surface area contributed by atoms with Gasteiger partial charge in [-0.1, -0.05) is 244 Å². The normalized spacial score (nSPS) is 15.0. The van der Waals surface area contributed by atoms with Crippen molar-refractivity contribution < 1.29 is 9.59 Å². The molecule has 0 N–H and O–H groups in total. The summed E-state index contributed by atoms with van der Waals surface area (Å²) in [5.74, 6) is 0.326. The summed E-state index contributed by atoms with van der Waals surface area (Å²) in [5.41, 5.74) is 21.6. The Bertz CT molecular complexity index is 2180. The Morgan fingerprint density at radius 1 is 0.347 bits per heavy atom. The van der Waals surface area contributed by atoms with Gasteiger partial charge in [0, 0.05) is 27.4 Å². The summed E-state index contributed by atoms with van der Waals surface area (Å²) in [6.07, 6.45) is 36.0. The minimum atomic E-state index is -0.248. The predicted octanol–water partition coefficient (Wildman–Crippen LogP) is 21.7. The largest absolute Gasteiger partial charge is 0.295 e. The summed E-state index contributed by atoms with van der Waals surface area (Å²) >= 11 is 0. The predicted molar refractivity (Wildman–Crippen MR) is 312 cm³/mol. The fourth-order valence-electron chi connectivity index (χ4n) is 14.6. The maximum atomic E-state index is 13.8. The lowest BCUT2D eigenvalue weighted by Crippen LogP contribution is -2.31. The van der Waals surface area contributed by atoms with E-state index in [1.54, 1.807) is 41.7 Å². The number of ketones is 2. The van der Waals surface area contributed by atoms with Crippen molar-refractivity contribution in [3.05, 3.63) is 111 Å². The van der Waals surface area contributed by atoms with Gasteiger partial charge in [-0.2, -0.15) is 0 Å². The highest BCUT2D eigenvalue weighted by Gasteiger charge is 2.57. The molecule has 2 heteroatoms. The maximum Gasteiger partial charge on any atom is 0.159 e. The van der Waals surface area contributed by atoms with Gasteiger partial charge in [-0.3, -0.25) is 9.59 Å². The summed E-state index contributed by atoms with van der Waals surface area (Å²) in [6, 6.07) is 21.7. The number of allylic oxidation sites excluding steroid dienone is 1. The molecule has 0 bridgehead atoms. The van der Waals surface area contributed by atoms with Crippen molar-refractivity contribution in [2.45, 2.75) is 271 Å². The van der Waals surface area contributed by atoms with E-state index in [0.717, 1.165) is 55.2 Å². The smallest absolute Gasteiger partial charge is 0.159 e. The van der Waals surface area contributed by atoms with Crippen LogP contribution in [0.5, 0.6) is 0 Å². The summed E-state index contributed by atoms with van der Waals surface area (Å²) in [6.45, 7) is 24.5. The monoisotopic (exact) mass is 971 g/mol. The van der Waals surface area contributed by atoms with E-state index in [0.29, 0.717) is 0 Å². The number of hydrogen-bond donors (Lipinski definition) is 0. The van der Waals surface area contributed by atoms with Crippen LogP contribution in [0.15, 0.2) is 61.2 Å². The fraction of sp³-hybridized carbons (Fsp3) is 0.600. The van der Waals surface area contributed by atoms with Crippen LogP contribution in [0.1, 0.15) is 315 Å². The first-order valence-electron chi connectivity index (χ1n) is 30.3. The second-order valence-electron chi connectivity index (χ2n) is 23.5. The molecule has 7 rings (SSSR count). The van der Waals surface area contributed by atoms with Gasteiger partial charge >= 0.3 is 0 Å². The third kappa shape index (κ3) is 10.7. The Morgan fingerprint density at radius 2 is 0.583 bits per heavy atom. The zero-order valence-electron chi connectivity index (χ0n) is 47.4. The fourth-order valence-corrected chi connectivity index (χ4v) is 14.6. The Balaban J connectivity index is 1.76. The van der Waals surface area contributed by atoms with Crippen LogP contribution in [-0.2, 0) is 16.2 Å². The lowest BCUT2D eigenvalue weighted by atomic mass is 9.63. The Hall–Kier alpha value is -4.04. The van der Waals surface area contributed by atoms with Crippen molar-refractivity contribution in [2.24, 2.45) is 0 Å². The Labute approximate surface area is 440 Å². The molecule has 0 amide bonds. The van der Waals surface area contributed by atoms with E-state index >= 15 is 0 Å². The molecule has 0 atom stereocenters. The van der Waals surface area contributed by atoms with Crippen molar-refractivity contribution in [3.8, 4) is 33.4 Å². The van der Waals surface area contributed by atoms with E-state index in [-0.39, 0.29) is 27.8 Å². The molecule has 0 radical (unpaired) electrons. The van der Waals surface area contributed by atoms with Gasteiger partial charge in [-0.05, 0) is 150 Å². The third-order valence-corrected chi connectivity index (χ3v) is 18.4. The van der Waals surface area contributed by atoms with Crippen LogP contribution in [0, 0.1) is 0 Å². The third-order valence-electron chi connectivity index (χ3n) is 18.4. The van der Waals surface area contributed by atoms with Crippen LogP contribution in [0.25, 0.3) is 39.0 Å². The van der Waals surface area contributed by atoms with E-state index in [4.69, 9.17) is 0 Å². The standard InChI is InChI=1S/C70H98O2/c1-11-17-23-29-41-68(42-30-24-18-12-2)59-47-53(50(7)8)35-38-56(59)62-65(68)63-57-39-36-54(51(9)71)48-60(57)70(45-33-27-21-15-5,46-34-28-22-16-6)67(63)64-58-40-37-55(52(10)72)49-61(58)69(66(62)64,43-31-25-19-13-3)44-32-26-20-14-4/h35-40,47-49H,7,11-34,41-46H2,1-6,8-10H3. The molecule has 4 aromatic rings. The average Bonchev–Trinajstić information content (AvgIpc) is 3.93. The number of rotatable bonds is 33. The second kappa shape index (κ2) is 25.5. The van der Waals surface area contributed by atoms with Crippen molar-refractivity contribution in [2.75, 3.05) is 0 Å². The SMILES string of the molecule is C=C(C)c1ccc2c(c1)C(CCCCCC)(CCCCCC)c1c-2c2c(c3c1-c1ccc(C(C)=O)cc1C3(CCCCCC)CCCCCC)-c1ccc(C(C)=O)cc1C2(CCCCCC)CCCCCC. The van der Waals surface area contributed by atoms with Gasteiger partial charge in [0.25, 0.3) is 0 Å². The van der Waals surface area contributed by atoms with Gasteiger partial charge in [0.2, 0.25) is 0 Å². The van der Waals surface area contributed by atoms with Gasteiger partial charge in [-0.25, -0.2) is 0 Å². The molecule has 0 unspecified atom stereocenters. The van der Waals surface area contributed by atoms with Crippen molar-refractivity contribution >= 4 is 17.1 Å². The molecule has 0 aromatic heterocycles. The minimum absolute atomic E-state index is 0.163. The number of Topliss-reactive ketones (excluding diaryl/α,β-unsaturated/α-hetero) is 2. The van der Waals surface area contributed by atoms with Crippen LogP contribution in [0.2, 0.25) is 0 Å². The molecule has 0 heterocycles. The molecular weight excluding hydrogens is 873 g/mol. The van der Waals surface area contributed by atoms with E-state index in [1.807, 2.05) is 0 Å². The molecule has 72 heavy (non-hydrogen) atoms. The summed E-state index contributed by atoms with van der Waals surface area (Å²) in [4.78, 5) is 27.6. The molecule has 390 valence electrons. The number of benzene rings is 4. The minimum Gasteiger partial charge on any atom is -0.295 e. The molecule has 2 nitrogen and oxygen atoms in total.